The van der Waals surface area contributed by atoms with Crippen LogP contribution < -0.4 is 5.43 Å². The molecule has 0 aromatic heterocycles. The second-order valence-electron chi connectivity index (χ2n) is 5.36. The average Bonchev–Trinajstić information content (AvgIpc) is 3.29. The van der Waals surface area contributed by atoms with Gasteiger partial charge in [0.05, 0.1) is 0 Å². The maximum absolute atomic E-state index is 11.9. The van der Waals surface area contributed by atoms with Crippen molar-refractivity contribution in [3.63, 3.8) is 0 Å². The van der Waals surface area contributed by atoms with Crippen LogP contribution in [0.15, 0.2) is 35.4 Å². The van der Waals surface area contributed by atoms with Crippen LogP contribution in [0.5, 0.6) is 0 Å². The summed E-state index contributed by atoms with van der Waals surface area (Å²) in [5.74, 6) is 1.20. The van der Waals surface area contributed by atoms with E-state index in [1.165, 1.54) is 18.4 Å². The SMILES string of the molecule is CC(=NNC(=O)[C@H]1C[C@H]1c1ccccc1)C1CC1. The molecule has 3 heteroatoms. The van der Waals surface area contributed by atoms with Crippen LogP contribution in [0.4, 0.5) is 0 Å². The molecule has 94 valence electrons. The molecule has 1 aromatic carbocycles. The fourth-order valence-electron chi connectivity index (χ4n) is 2.37. The molecule has 1 aromatic rings. The quantitative estimate of drug-likeness (QED) is 0.640. The monoisotopic (exact) mass is 242 g/mol. The van der Waals surface area contributed by atoms with E-state index in [-0.39, 0.29) is 11.8 Å². The number of benzene rings is 1. The third-order valence-corrected chi connectivity index (χ3v) is 3.87. The van der Waals surface area contributed by atoms with Gasteiger partial charge in [0, 0.05) is 11.6 Å². The molecule has 0 radical (unpaired) electrons. The van der Waals surface area contributed by atoms with E-state index in [9.17, 15) is 4.79 Å². The Hall–Kier alpha value is -1.64. The summed E-state index contributed by atoms with van der Waals surface area (Å²) < 4.78 is 0. The summed E-state index contributed by atoms with van der Waals surface area (Å²) in [4.78, 5) is 11.9. The molecule has 0 bridgehead atoms. The Morgan fingerprint density at radius 3 is 2.67 bits per heavy atom. The number of carbonyl (C=O) groups excluding carboxylic acids is 1. The zero-order valence-electron chi connectivity index (χ0n) is 10.6. The number of nitrogens with one attached hydrogen (secondary N) is 1. The molecule has 1 N–H and O–H groups in total. The van der Waals surface area contributed by atoms with Crippen LogP contribution in [-0.4, -0.2) is 11.6 Å². The molecule has 0 heterocycles. The van der Waals surface area contributed by atoms with E-state index < -0.39 is 0 Å². The van der Waals surface area contributed by atoms with Crippen molar-refractivity contribution in [2.45, 2.75) is 32.1 Å². The highest BCUT2D eigenvalue weighted by molar-refractivity contribution is 5.89. The van der Waals surface area contributed by atoms with Gasteiger partial charge in [-0.25, -0.2) is 5.43 Å². The Kier molecular flexibility index (Phi) is 2.90. The fraction of sp³-hybridized carbons (Fsp3) is 0.467. The molecular formula is C15H18N2O. The summed E-state index contributed by atoms with van der Waals surface area (Å²) in [6.45, 7) is 2.00. The first kappa shape index (κ1) is 11.5. The molecule has 18 heavy (non-hydrogen) atoms. The number of amides is 1. The van der Waals surface area contributed by atoms with Crippen molar-refractivity contribution in [1.29, 1.82) is 0 Å². The van der Waals surface area contributed by atoms with E-state index in [0.29, 0.717) is 11.8 Å². The molecule has 3 rings (SSSR count). The lowest BCUT2D eigenvalue weighted by atomic mass is 10.1. The lowest BCUT2D eigenvalue weighted by Gasteiger charge is -2.01. The van der Waals surface area contributed by atoms with Crippen molar-refractivity contribution in [1.82, 2.24) is 5.43 Å². The van der Waals surface area contributed by atoms with Gasteiger partial charge < -0.3 is 0 Å². The van der Waals surface area contributed by atoms with E-state index in [1.54, 1.807) is 0 Å². The van der Waals surface area contributed by atoms with E-state index in [0.717, 1.165) is 12.1 Å². The molecule has 0 spiro atoms. The normalized spacial score (nSPS) is 26.8. The van der Waals surface area contributed by atoms with Crippen molar-refractivity contribution >= 4 is 11.6 Å². The number of nitrogens with zero attached hydrogens (tertiary/aromatic N) is 1. The van der Waals surface area contributed by atoms with Crippen LogP contribution in [0.1, 0.15) is 37.7 Å². The second-order valence-corrected chi connectivity index (χ2v) is 5.36. The molecule has 3 nitrogen and oxygen atoms in total. The van der Waals surface area contributed by atoms with Gasteiger partial charge in [0.2, 0.25) is 5.91 Å². The Bertz CT molecular complexity index is 477. The Balaban J connectivity index is 1.54. The number of carbonyl (C=O) groups is 1. The molecule has 2 saturated carbocycles. The van der Waals surface area contributed by atoms with Crippen molar-refractivity contribution < 1.29 is 4.79 Å². The van der Waals surface area contributed by atoms with Gasteiger partial charge in [0.15, 0.2) is 0 Å². The summed E-state index contributed by atoms with van der Waals surface area (Å²) in [6.07, 6.45) is 3.40. The topological polar surface area (TPSA) is 41.5 Å². The highest BCUT2D eigenvalue weighted by Gasteiger charge is 2.43. The van der Waals surface area contributed by atoms with Crippen LogP contribution in [0.3, 0.4) is 0 Å². The summed E-state index contributed by atoms with van der Waals surface area (Å²) in [7, 11) is 0. The first-order chi connectivity index (χ1) is 8.75. The first-order valence-electron chi connectivity index (χ1n) is 6.64. The smallest absolute Gasteiger partial charge is 0.243 e. The molecule has 2 fully saturated rings. The predicted molar refractivity (Wildman–Crippen MR) is 71.3 cm³/mol. The van der Waals surface area contributed by atoms with Crippen LogP contribution in [-0.2, 0) is 4.79 Å². The van der Waals surface area contributed by atoms with Crippen molar-refractivity contribution in [2.75, 3.05) is 0 Å². The van der Waals surface area contributed by atoms with Gasteiger partial charge in [0.1, 0.15) is 0 Å². The maximum atomic E-state index is 11.9. The fourth-order valence-corrected chi connectivity index (χ4v) is 2.37. The molecule has 0 aliphatic heterocycles. The van der Waals surface area contributed by atoms with Crippen LogP contribution in [0.2, 0.25) is 0 Å². The van der Waals surface area contributed by atoms with Crippen LogP contribution in [0.25, 0.3) is 0 Å². The molecule has 2 aliphatic rings. The number of hydrogen-bond acceptors (Lipinski definition) is 2. The zero-order valence-corrected chi connectivity index (χ0v) is 10.6. The Labute approximate surface area is 107 Å². The molecule has 0 unspecified atom stereocenters. The van der Waals surface area contributed by atoms with Gasteiger partial charge in [-0.05, 0) is 43.6 Å². The lowest BCUT2D eigenvalue weighted by molar-refractivity contribution is -0.122. The minimum absolute atomic E-state index is 0.0730. The Morgan fingerprint density at radius 1 is 1.28 bits per heavy atom. The molecular weight excluding hydrogens is 224 g/mol. The van der Waals surface area contributed by atoms with Crippen LogP contribution >= 0.6 is 0 Å². The Morgan fingerprint density at radius 2 is 2.00 bits per heavy atom. The van der Waals surface area contributed by atoms with Crippen molar-refractivity contribution in [3.05, 3.63) is 35.9 Å². The third-order valence-electron chi connectivity index (χ3n) is 3.87. The van der Waals surface area contributed by atoms with Gasteiger partial charge in [-0.15, -0.1) is 0 Å². The van der Waals surface area contributed by atoms with E-state index in [1.807, 2.05) is 25.1 Å². The summed E-state index contributed by atoms with van der Waals surface area (Å²) in [5, 5.41) is 4.19. The van der Waals surface area contributed by atoms with E-state index >= 15 is 0 Å². The first-order valence-corrected chi connectivity index (χ1v) is 6.64. The second kappa shape index (κ2) is 4.56. The number of hydrazone groups is 1. The molecule has 2 aliphatic carbocycles. The highest BCUT2D eigenvalue weighted by Crippen LogP contribution is 2.47. The summed E-state index contributed by atoms with van der Waals surface area (Å²) >= 11 is 0. The van der Waals surface area contributed by atoms with Gasteiger partial charge in [-0.2, -0.15) is 5.10 Å². The minimum Gasteiger partial charge on any atom is -0.273 e. The largest absolute Gasteiger partial charge is 0.273 e. The standard InChI is InChI=1S/C15H18N2O/c1-10(11-7-8-11)16-17-15(18)14-9-13(14)12-5-3-2-4-6-12/h2-6,11,13-14H,7-9H2,1H3,(H,17,18)/t13-,14-/m0/s1. The molecule has 1 amide bonds. The maximum Gasteiger partial charge on any atom is 0.243 e. The van der Waals surface area contributed by atoms with Gasteiger partial charge in [-0.3, -0.25) is 4.79 Å². The minimum atomic E-state index is 0.0730. The van der Waals surface area contributed by atoms with E-state index in [2.05, 4.69) is 22.7 Å². The van der Waals surface area contributed by atoms with Crippen molar-refractivity contribution in [2.24, 2.45) is 16.9 Å². The van der Waals surface area contributed by atoms with E-state index in [4.69, 9.17) is 0 Å². The van der Waals surface area contributed by atoms with Gasteiger partial charge in [-0.1, -0.05) is 30.3 Å². The molecule has 0 saturated heterocycles. The van der Waals surface area contributed by atoms with Gasteiger partial charge >= 0.3 is 0 Å². The van der Waals surface area contributed by atoms with Gasteiger partial charge in [0.25, 0.3) is 0 Å². The number of hydrogen-bond donors (Lipinski definition) is 1. The highest BCUT2D eigenvalue weighted by atomic mass is 16.2. The van der Waals surface area contributed by atoms with Crippen molar-refractivity contribution in [3.8, 4) is 0 Å². The summed E-state index contributed by atoms with van der Waals surface area (Å²) in [5.41, 5.74) is 5.05. The molecule has 2 atom stereocenters. The summed E-state index contributed by atoms with van der Waals surface area (Å²) in [6, 6.07) is 10.2. The lowest BCUT2D eigenvalue weighted by Crippen LogP contribution is -2.21. The predicted octanol–water partition coefficient (Wildman–Crippen LogP) is 2.69. The number of rotatable bonds is 4. The third kappa shape index (κ3) is 2.45. The van der Waals surface area contributed by atoms with Crippen LogP contribution in [0, 0.1) is 11.8 Å². The zero-order chi connectivity index (χ0) is 12.5. The average molecular weight is 242 g/mol.